The molecule has 0 aliphatic carbocycles. The largest absolute Gasteiger partial charge is 0.495 e. The SMILES string of the molecule is COc1ccccc1NS(=O)(=O)c1cc([N+](=O)[O-])ccc1NCC(c1ccco1)N(C)C. The molecule has 0 amide bonds. The molecule has 0 saturated heterocycles. The van der Waals surface area contributed by atoms with Crippen LogP contribution in [-0.4, -0.2) is 46.0 Å². The predicted octanol–water partition coefficient (Wildman–Crippen LogP) is 3.71. The van der Waals surface area contributed by atoms with Crippen molar-refractivity contribution in [3.8, 4) is 5.75 Å². The van der Waals surface area contributed by atoms with Crippen LogP contribution in [-0.2, 0) is 10.0 Å². The van der Waals surface area contributed by atoms with Crippen molar-refractivity contribution in [2.24, 2.45) is 0 Å². The van der Waals surface area contributed by atoms with E-state index in [0.717, 1.165) is 6.07 Å². The number of benzene rings is 2. The fourth-order valence-corrected chi connectivity index (χ4v) is 4.42. The Bertz CT molecular complexity index is 1180. The summed E-state index contributed by atoms with van der Waals surface area (Å²) in [6.07, 6.45) is 1.56. The van der Waals surface area contributed by atoms with Crippen LogP contribution in [0.4, 0.5) is 17.1 Å². The predicted molar refractivity (Wildman–Crippen MR) is 121 cm³/mol. The third kappa shape index (κ3) is 5.18. The van der Waals surface area contributed by atoms with Gasteiger partial charge in [0, 0.05) is 18.7 Å². The lowest BCUT2D eigenvalue weighted by Gasteiger charge is -2.24. The molecule has 1 heterocycles. The van der Waals surface area contributed by atoms with Gasteiger partial charge >= 0.3 is 0 Å². The molecule has 3 aromatic rings. The molecule has 0 saturated carbocycles. The number of hydrogen-bond donors (Lipinski definition) is 2. The minimum atomic E-state index is -4.19. The van der Waals surface area contributed by atoms with Crippen LogP contribution in [0.3, 0.4) is 0 Å². The number of anilines is 2. The van der Waals surface area contributed by atoms with Gasteiger partial charge in [-0.2, -0.15) is 0 Å². The summed E-state index contributed by atoms with van der Waals surface area (Å²) in [5, 5.41) is 14.4. The molecule has 2 aromatic carbocycles. The highest BCUT2D eigenvalue weighted by Gasteiger charge is 2.25. The second-order valence-electron chi connectivity index (χ2n) is 7.12. The number of nitro groups is 1. The van der Waals surface area contributed by atoms with Gasteiger partial charge in [-0.05, 0) is 44.4 Å². The number of ether oxygens (including phenoxy) is 1. The molecule has 10 nitrogen and oxygen atoms in total. The van der Waals surface area contributed by atoms with Gasteiger partial charge in [-0.3, -0.25) is 19.7 Å². The first-order valence-corrected chi connectivity index (χ1v) is 11.1. The van der Waals surface area contributed by atoms with Crippen molar-refractivity contribution in [1.82, 2.24) is 4.90 Å². The lowest BCUT2D eigenvalue weighted by Crippen LogP contribution is -2.27. The minimum absolute atomic E-state index is 0.196. The van der Waals surface area contributed by atoms with E-state index in [-0.39, 0.29) is 28.0 Å². The van der Waals surface area contributed by atoms with E-state index < -0.39 is 14.9 Å². The van der Waals surface area contributed by atoms with Gasteiger partial charge in [0.25, 0.3) is 15.7 Å². The maximum absolute atomic E-state index is 13.2. The van der Waals surface area contributed by atoms with E-state index >= 15 is 0 Å². The van der Waals surface area contributed by atoms with Crippen molar-refractivity contribution >= 4 is 27.1 Å². The zero-order chi connectivity index (χ0) is 23.3. The van der Waals surface area contributed by atoms with Crippen molar-refractivity contribution in [2.45, 2.75) is 10.9 Å². The maximum Gasteiger partial charge on any atom is 0.270 e. The summed E-state index contributed by atoms with van der Waals surface area (Å²) in [5.74, 6) is 1.02. The van der Waals surface area contributed by atoms with Crippen LogP contribution in [0.1, 0.15) is 11.8 Å². The van der Waals surface area contributed by atoms with Crippen molar-refractivity contribution in [3.63, 3.8) is 0 Å². The Hall–Kier alpha value is -3.57. The van der Waals surface area contributed by atoms with Gasteiger partial charge in [0.1, 0.15) is 16.4 Å². The number of nitrogens with one attached hydrogen (secondary N) is 2. The second-order valence-corrected chi connectivity index (χ2v) is 8.77. The highest BCUT2D eigenvalue weighted by molar-refractivity contribution is 7.93. The molecule has 0 fully saturated rings. The average molecular weight is 461 g/mol. The minimum Gasteiger partial charge on any atom is -0.495 e. The Balaban J connectivity index is 1.96. The van der Waals surface area contributed by atoms with Crippen LogP contribution in [0.15, 0.2) is 70.2 Å². The lowest BCUT2D eigenvalue weighted by molar-refractivity contribution is -0.385. The number of para-hydroxylation sites is 2. The first-order valence-electron chi connectivity index (χ1n) is 9.61. The molecular weight excluding hydrogens is 436 g/mol. The normalized spacial score (nSPS) is 12.4. The molecule has 2 N–H and O–H groups in total. The molecule has 3 rings (SSSR count). The lowest BCUT2D eigenvalue weighted by atomic mass is 10.2. The number of nitrogens with zero attached hydrogens (tertiary/aromatic N) is 2. The van der Waals surface area contributed by atoms with E-state index in [4.69, 9.17) is 9.15 Å². The van der Waals surface area contributed by atoms with E-state index in [9.17, 15) is 18.5 Å². The summed E-state index contributed by atoms with van der Waals surface area (Å²) in [6.45, 7) is 0.301. The molecule has 0 aliphatic heterocycles. The molecule has 170 valence electrons. The summed E-state index contributed by atoms with van der Waals surface area (Å²) in [5.41, 5.74) is 0.0942. The van der Waals surface area contributed by atoms with Crippen LogP contribution < -0.4 is 14.8 Å². The molecule has 0 bridgehead atoms. The van der Waals surface area contributed by atoms with Gasteiger partial charge in [-0.25, -0.2) is 8.42 Å². The number of likely N-dealkylation sites (N-methyl/N-ethyl adjacent to an activating group) is 1. The first kappa shape index (κ1) is 23.1. The number of rotatable bonds is 10. The van der Waals surface area contributed by atoms with Crippen molar-refractivity contribution in [1.29, 1.82) is 0 Å². The van der Waals surface area contributed by atoms with Gasteiger partial charge < -0.3 is 14.5 Å². The molecule has 0 radical (unpaired) electrons. The topological polar surface area (TPSA) is 127 Å². The van der Waals surface area contributed by atoms with Gasteiger partial charge in [0.05, 0.1) is 35.7 Å². The molecule has 11 heteroatoms. The number of hydrogen-bond acceptors (Lipinski definition) is 8. The monoisotopic (exact) mass is 460 g/mol. The number of non-ortho nitro benzene ring substituents is 1. The van der Waals surface area contributed by atoms with Crippen LogP contribution in [0.5, 0.6) is 5.75 Å². The van der Waals surface area contributed by atoms with Gasteiger partial charge in [-0.15, -0.1) is 0 Å². The van der Waals surface area contributed by atoms with Crippen LogP contribution in [0.25, 0.3) is 0 Å². The quantitative estimate of drug-likeness (QED) is 0.346. The van der Waals surface area contributed by atoms with Crippen molar-refractivity contribution in [2.75, 3.05) is 37.8 Å². The van der Waals surface area contributed by atoms with E-state index in [2.05, 4.69) is 10.0 Å². The van der Waals surface area contributed by atoms with Crippen LogP contribution in [0.2, 0.25) is 0 Å². The summed E-state index contributed by atoms with van der Waals surface area (Å²) >= 11 is 0. The third-order valence-corrected chi connectivity index (χ3v) is 6.20. The third-order valence-electron chi connectivity index (χ3n) is 4.80. The molecule has 32 heavy (non-hydrogen) atoms. The van der Waals surface area contributed by atoms with Crippen molar-refractivity contribution < 1.29 is 22.5 Å². The summed E-state index contributed by atoms with van der Waals surface area (Å²) in [7, 11) is 0.965. The Morgan fingerprint density at radius 1 is 1.12 bits per heavy atom. The number of sulfonamides is 1. The zero-order valence-corrected chi connectivity index (χ0v) is 18.6. The Morgan fingerprint density at radius 3 is 2.50 bits per heavy atom. The van der Waals surface area contributed by atoms with Gasteiger partial charge in [-0.1, -0.05) is 12.1 Å². The Labute approximate surface area is 186 Å². The van der Waals surface area contributed by atoms with E-state index in [1.54, 1.807) is 36.6 Å². The maximum atomic E-state index is 13.2. The molecular formula is C21H24N4O6S. The summed E-state index contributed by atoms with van der Waals surface area (Å²) in [6, 6.07) is 13.6. The van der Waals surface area contributed by atoms with Gasteiger partial charge in [0.2, 0.25) is 0 Å². The number of furan rings is 1. The molecule has 0 spiro atoms. The fraction of sp³-hybridized carbons (Fsp3) is 0.238. The van der Waals surface area contributed by atoms with E-state index in [1.165, 1.54) is 19.2 Å². The van der Waals surface area contributed by atoms with Gasteiger partial charge in [0.15, 0.2) is 0 Å². The summed E-state index contributed by atoms with van der Waals surface area (Å²) < 4.78 is 39.6. The standard InChI is InChI=1S/C21H24N4O6S/c1-24(2)18(20-9-6-12-31-20)14-22-17-11-10-15(25(26)27)13-21(17)32(28,29)23-16-7-4-5-8-19(16)30-3/h4-13,18,22-23H,14H2,1-3H3. The highest BCUT2D eigenvalue weighted by Crippen LogP contribution is 2.32. The number of nitro benzene ring substituents is 1. The summed E-state index contributed by atoms with van der Waals surface area (Å²) in [4.78, 5) is 12.3. The molecule has 1 unspecified atom stereocenters. The zero-order valence-electron chi connectivity index (χ0n) is 17.8. The second kappa shape index (κ2) is 9.71. The van der Waals surface area contributed by atoms with Crippen LogP contribution >= 0.6 is 0 Å². The molecule has 0 aliphatic rings. The highest BCUT2D eigenvalue weighted by atomic mass is 32.2. The number of methoxy groups -OCH3 is 1. The van der Waals surface area contributed by atoms with Crippen molar-refractivity contribution in [3.05, 3.63) is 76.7 Å². The molecule has 1 atom stereocenters. The van der Waals surface area contributed by atoms with Crippen LogP contribution in [0, 0.1) is 10.1 Å². The Kier molecular flexibility index (Phi) is 7.01. The fourth-order valence-electron chi connectivity index (χ4n) is 3.15. The first-order chi connectivity index (χ1) is 15.2. The smallest absolute Gasteiger partial charge is 0.270 e. The average Bonchev–Trinajstić information content (AvgIpc) is 3.28. The van der Waals surface area contributed by atoms with E-state index in [0.29, 0.717) is 18.1 Å². The van der Waals surface area contributed by atoms with E-state index in [1.807, 2.05) is 25.1 Å². The molecule has 1 aromatic heterocycles. The Morgan fingerprint density at radius 2 is 1.88 bits per heavy atom.